The van der Waals surface area contributed by atoms with Gasteiger partial charge in [0.25, 0.3) is 0 Å². The van der Waals surface area contributed by atoms with Gasteiger partial charge in [-0.05, 0) is 25.1 Å². The van der Waals surface area contributed by atoms with Crippen molar-refractivity contribution in [2.75, 3.05) is 19.0 Å². The fourth-order valence-corrected chi connectivity index (χ4v) is 2.33. The molecular weight excluding hydrogens is 276 g/mol. The lowest BCUT2D eigenvalue weighted by molar-refractivity contribution is -0.120. The first-order valence-electron chi connectivity index (χ1n) is 4.70. The van der Waals surface area contributed by atoms with Gasteiger partial charge in [0.2, 0.25) is 0 Å². The molecule has 0 aliphatic heterocycles. The molecule has 0 saturated carbocycles. The highest BCUT2D eigenvalue weighted by molar-refractivity contribution is 9.10. The summed E-state index contributed by atoms with van der Waals surface area (Å²) in [6.07, 6.45) is 0. The largest absolute Gasteiger partial charge is 0.374 e. The van der Waals surface area contributed by atoms with Gasteiger partial charge in [-0.1, -0.05) is 22.0 Å². The fraction of sp³-hybridized carbons (Fsp3) is 0.364. The van der Waals surface area contributed by atoms with Crippen LogP contribution >= 0.6 is 27.7 Å². The van der Waals surface area contributed by atoms with Gasteiger partial charge in [0.05, 0.1) is 5.75 Å². The van der Waals surface area contributed by atoms with Crippen molar-refractivity contribution in [2.24, 2.45) is 0 Å². The fourth-order valence-electron chi connectivity index (χ4n) is 0.978. The maximum absolute atomic E-state index is 11.3. The highest BCUT2D eigenvalue weighted by atomic mass is 79.9. The summed E-state index contributed by atoms with van der Waals surface area (Å²) in [7, 11) is 0. The highest BCUT2D eigenvalue weighted by Crippen LogP contribution is 2.21. The number of benzene rings is 1. The van der Waals surface area contributed by atoms with Gasteiger partial charge < -0.3 is 4.74 Å². The molecule has 82 valence electrons. The number of halogens is 1. The number of hydrogen-bond acceptors (Lipinski definition) is 3. The number of carbonyl (C=O) groups is 1. The second-order valence-corrected chi connectivity index (χ2v) is 4.89. The lowest BCUT2D eigenvalue weighted by atomic mass is 10.4. The second-order valence-electron chi connectivity index (χ2n) is 2.92. The topological polar surface area (TPSA) is 26.3 Å². The van der Waals surface area contributed by atoms with Crippen molar-refractivity contribution in [3.63, 3.8) is 0 Å². The smallest absolute Gasteiger partial charge is 0.168 e. The Morgan fingerprint density at radius 3 is 3.00 bits per heavy atom. The van der Waals surface area contributed by atoms with E-state index in [1.807, 2.05) is 31.2 Å². The molecule has 0 amide bonds. The number of rotatable bonds is 6. The van der Waals surface area contributed by atoms with E-state index in [4.69, 9.17) is 4.74 Å². The third-order valence-electron chi connectivity index (χ3n) is 1.66. The van der Waals surface area contributed by atoms with Crippen molar-refractivity contribution >= 4 is 33.5 Å². The van der Waals surface area contributed by atoms with Crippen molar-refractivity contribution < 1.29 is 9.53 Å². The van der Waals surface area contributed by atoms with Gasteiger partial charge in [-0.25, -0.2) is 0 Å². The van der Waals surface area contributed by atoms with Gasteiger partial charge in [-0.15, -0.1) is 11.8 Å². The summed E-state index contributed by atoms with van der Waals surface area (Å²) < 4.78 is 6.07. The van der Waals surface area contributed by atoms with E-state index in [2.05, 4.69) is 15.9 Å². The minimum absolute atomic E-state index is 0.127. The van der Waals surface area contributed by atoms with E-state index in [9.17, 15) is 4.79 Å². The predicted octanol–water partition coefficient (Wildman–Crippen LogP) is 3.15. The van der Waals surface area contributed by atoms with E-state index in [1.165, 1.54) is 11.8 Å². The number of Topliss-reactive ketones (excluding diaryl/α,β-unsaturated/α-hetero) is 1. The third-order valence-corrected chi connectivity index (χ3v) is 3.21. The zero-order chi connectivity index (χ0) is 11.1. The van der Waals surface area contributed by atoms with Crippen molar-refractivity contribution in [3.05, 3.63) is 28.7 Å². The van der Waals surface area contributed by atoms with Crippen LogP contribution in [-0.4, -0.2) is 24.7 Å². The van der Waals surface area contributed by atoms with Crippen LogP contribution in [0.15, 0.2) is 33.6 Å². The number of ketones is 1. The zero-order valence-electron chi connectivity index (χ0n) is 8.53. The van der Waals surface area contributed by atoms with E-state index in [1.54, 1.807) is 0 Å². The Labute approximate surface area is 103 Å². The molecule has 1 aromatic carbocycles. The Bertz CT molecular complexity index is 328. The average molecular weight is 289 g/mol. The summed E-state index contributed by atoms with van der Waals surface area (Å²) in [4.78, 5) is 12.4. The van der Waals surface area contributed by atoms with Crippen molar-refractivity contribution in [1.82, 2.24) is 0 Å². The van der Waals surface area contributed by atoms with E-state index in [0.717, 1.165) is 9.37 Å². The Kier molecular flexibility index (Phi) is 5.98. The second kappa shape index (κ2) is 7.04. The Hall–Kier alpha value is -0.320. The third kappa shape index (κ3) is 5.35. The summed E-state index contributed by atoms with van der Waals surface area (Å²) in [5.74, 6) is 0.595. The molecule has 0 aromatic heterocycles. The van der Waals surface area contributed by atoms with Crippen LogP contribution in [0.2, 0.25) is 0 Å². The monoisotopic (exact) mass is 288 g/mol. The molecule has 0 aliphatic carbocycles. The predicted molar refractivity (Wildman–Crippen MR) is 66.4 cm³/mol. The Morgan fingerprint density at radius 1 is 1.53 bits per heavy atom. The van der Waals surface area contributed by atoms with Crippen LogP contribution in [0.1, 0.15) is 6.92 Å². The molecule has 0 heterocycles. The summed E-state index contributed by atoms with van der Waals surface area (Å²) in [6.45, 7) is 2.69. The van der Waals surface area contributed by atoms with E-state index < -0.39 is 0 Å². The van der Waals surface area contributed by atoms with Crippen LogP contribution < -0.4 is 0 Å². The Morgan fingerprint density at radius 2 is 2.33 bits per heavy atom. The van der Waals surface area contributed by atoms with Crippen LogP contribution in [-0.2, 0) is 9.53 Å². The molecule has 2 nitrogen and oxygen atoms in total. The number of thioether (sulfide) groups is 1. The first-order chi connectivity index (χ1) is 7.22. The summed E-state index contributed by atoms with van der Waals surface area (Å²) in [5.41, 5.74) is 0. The molecule has 0 radical (unpaired) electrons. The standard InChI is InChI=1S/C11H13BrO2S/c1-2-14-7-10(13)8-15-11-5-3-4-9(12)6-11/h3-6H,2,7-8H2,1H3. The molecular formula is C11H13BrO2S. The maximum Gasteiger partial charge on any atom is 0.168 e. The molecule has 4 heteroatoms. The van der Waals surface area contributed by atoms with Crippen LogP contribution in [0, 0.1) is 0 Å². The minimum atomic E-state index is 0.127. The van der Waals surface area contributed by atoms with Crippen LogP contribution in [0.4, 0.5) is 0 Å². The van der Waals surface area contributed by atoms with E-state index in [0.29, 0.717) is 12.4 Å². The normalized spacial score (nSPS) is 10.3. The van der Waals surface area contributed by atoms with Crippen molar-refractivity contribution in [1.29, 1.82) is 0 Å². The molecule has 0 spiro atoms. The molecule has 0 atom stereocenters. The lowest BCUT2D eigenvalue weighted by Gasteiger charge is -2.02. The number of hydrogen-bond donors (Lipinski definition) is 0. The van der Waals surface area contributed by atoms with Gasteiger partial charge in [-0.3, -0.25) is 4.79 Å². The highest BCUT2D eigenvalue weighted by Gasteiger charge is 2.03. The van der Waals surface area contributed by atoms with E-state index in [-0.39, 0.29) is 12.4 Å². The molecule has 15 heavy (non-hydrogen) atoms. The molecule has 0 fully saturated rings. The molecule has 0 saturated heterocycles. The van der Waals surface area contributed by atoms with Crippen LogP contribution in [0.3, 0.4) is 0 Å². The SMILES string of the molecule is CCOCC(=O)CSc1cccc(Br)c1. The molecule has 1 rings (SSSR count). The molecule has 0 bridgehead atoms. The molecule has 0 aliphatic rings. The lowest BCUT2D eigenvalue weighted by Crippen LogP contribution is -2.10. The minimum Gasteiger partial charge on any atom is -0.374 e. The van der Waals surface area contributed by atoms with Gasteiger partial charge in [0.15, 0.2) is 5.78 Å². The molecule has 1 aromatic rings. The van der Waals surface area contributed by atoms with Crippen molar-refractivity contribution in [3.8, 4) is 0 Å². The average Bonchev–Trinajstić information content (AvgIpc) is 2.23. The summed E-state index contributed by atoms with van der Waals surface area (Å²) in [6, 6.07) is 7.91. The molecule has 0 unspecified atom stereocenters. The quantitative estimate of drug-likeness (QED) is 0.753. The van der Waals surface area contributed by atoms with Gasteiger partial charge >= 0.3 is 0 Å². The van der Waals surface area contributed by atoms with Crippen molar-refractivity contribution in [2.45, 2.75) is 11.8 Å². The zero-order valence-corrected chi connectivity index (χ0v) is 10.9. The van der Waals surface area contributed by atoms with Crippen LogP contribution in [0.25, 0.3) is 0 Å². The maximum atomic E-state index is 11.3. The van der Waals surface area contributed by atoms with Gasteiger partial charge in [-0.2, -0.15) is 0 Å². The van der Waals surface area contributed by atoms with E-state index >= 15 is 0 Å². The Balaban J connectivity index is 2.33. The van der Waals surface area contributed by atoms with Gasteiger partial charge in [0, 0.05) is 16.0 Å². The number of carbonyl (C=O) groups excluding carboxylic acids is 1. The summed E-state index contributed by atoms with van der Waals surface area (Å²) >= 11 is 4.92. The molecule has 0 N–H and O–H groups in total. The number of ether oxygens (including phenoxy) is 1. The summed E-state index contributed by atoms with van der Waals surface area (Å²) in [5, 5.41) is 0. The first-order valence-corrected chi connectivity index (χ1v) is 6.48. The first kappa shape index (κ1) is 12.7. The van der Waals surface area contributed by atoms with Crippen LogP contribution in [0.5, 0.6) is 0 Å². The van der Waals surface area contributed by atoms with Gasteiger partial charge in [0.1, 0.15) is 6.61 Å².